The molecule has 0 aromatic heterocycles. The molecule has 1 aromatic rings. The number of nitrogens with one attached hydrogen (secondary N) is 2. The average molecular weight is 219 g/mol. The average Bonchev–Trinajstić information content (AvgIpc) is 2.28. The molecule has 0 spiro atoms. The fourth-order valence-electron chi connectivity index (χ4n) is 1.34. The third kappa shape index (κ3) is 3.66. The van der Waals surface area contributed by atoms with Crippen molar-refractivity contribution in [3.05, 3.63) is 36.8 Å². The summed E-state index contributed by atoms with van der Waals surface area (Å²) in [6.07, 6.45) is 1.02. The molecule has 0 aliphatic rings. The summed E-state index contributed by atoms with van der Waals surface area (Å²) in [7, 11) is 0. The normalized spacial score (nSPS) is 12.2. The predicted octanol–water partition coefficient (Wildman–Crippen LogP) is 2.20. The van der Waals surface area contributed by atoms with Crippen LogP contribution in [0.4, 0.5) is 5.69 Å². The van der Waals surface area contributed by atoms with E-state index in [2.05, 4.69) is 24.5 Å². The zero-order valence-electron chi connectivity index (χ0n) is 9.92. The molecule has 87 valence electrons. The van der Waals surface area contributed by atoms with E-state index in [1.54, 1.807) is 0 Å². The zero-order chi connectivity index (χ0) is 12.0. The molecule has 1 aromatic carbocycles. The number of hydrogen-bond acceptors (Lipinski definition) is 2. The van der Waals surface area contributed by atoms with Crippen LogP contribution in [0.3, 0.4) is 0 Å². The minimum absolute atomic E-state index is 0.0236. The number of carbonyl (C=O) groups is 1. The summed E-state index contributed by atoms with van der Waals surface area (Å²) in [4.78, 5) is 11.8. The van der Waals surface area contributed by atoms with Crippen LogP contribution < -0.4 is 10.6 Å². The second-order valence-electron chi connectivity index (χ2n) is 3.82. The molecule has 0 aliphatic heterocycles. The highest BCUT2D eigenvalue weighted by atomic mass is 16.2. The summed E-state index contributed by atoms with van der Waals surface area (Å²) in [6, 6.07) is 7.33. The van der Waals surface area contributed by atoms with Gasteiger partial charge >= 0.3 is 0 Å². The van der Waals surface area contributed by atoms with E-state index in [4.69, 9.17) is 0 Å². The third-order valence-corrected chi connectivity index (χ3v) is 2.37. The van der Waals surface area contributed by atoms with E-state index >= 15 is 0 Å². The maximum Gasteiger partial charge on any atom is 0.241 e. The molecular weight excluding hydrogens is 200 g/mol. The molecule has 1 rings (SSSR count). The quantitative estimate of drug-likeness (QED) is 0.797. The molecule has 1 radical (unpaired) electrons. The molecule has 0 aliphatic carbocycles. The van der Waals surface area contributed by atoms with Crippen LogP contribution in [-0.2, 0) is 4.79 Å². The molecule has 0 fully saturated rings. The second-order valence-corrected chi connectivity index (χ2v) is 3.82. The molecule has 1 atom stereocenters. The van der Waals surface area contributed by atoms with Crippen molar-refractivity contribution < 1.29 is 4.79 Å². The molecule has 3 heteroatoms. The highest BCUT2D eigenvalue weighted by Gasteiger charge is 2.12. The number of amides is 1. The lowest BCUT2D eigenvalue weighted by atomic mass is 10.2. The fourth-order valence-corrected chi connectivity index (χ4v) is 1.34. The maximum absolute atomic E-state index is 11.8. The van der Waals surface area contributed by atoms with Gasteiger partial charge in [0.05, 0.1) is 6.04 Å². The Morgan fingerprint density at radius 2 is 2.12 bits per heavy atom. The van der Waals surface area contributed by atoms with Crippen LogP contribution in [0, 0.1) is 6.92 Å². The molecule has 0 saturated heterocycles. The Kier molecular flexibility index (Phi) is 4.99. The Hall–Kier alpha value is -1.35. The minimum atomic E-state index is -0.181. The maximum atomic E-state index is 11.8. The van der Waals surface area contributed by atoms with Gasteiger partial charge in [-0.2, -0.15) is 0 Å². The first-order valence-electron chi connectivity index (χ1n) is 5.60. The van der Waals surface area contributed by atoms with E-state index in [1.165, 1.54) is 0 Å². The second kappa shape index (κ2) is 6.28. The van der Waals surface area contributed by atoms with Crippen LogP contribution in [0.5, 0.6) is 0 Å². The summed E-state index contributed by atoms with van der Waals surface area (Å²) < 4.78 is 0. The van der Waals surface area contributed by atoms with E-state index < -0.39 is 0 Å². The van der Waals surface area contributed by atoms with E-state index in [0.717, 1.165) is 24.2 Å². The standard InChI is InChI=1S/C13H19N2O/c1-4-9-14-11(3)13(16)15-12-8-6-5-7-10(12)2/h5-8,11,14H,2,4,9H2,1,3H3,(H,15,16). The lowest BCUT2D eigenvalue weighted by molar-refractivity contribution is -0.117. The SMILES string of the molecule is [CH2]c1ccccc1NC(=O)C(C)NCCC. The fraction of sp³-hybridized carbons (Fsp3) is 0.385. The summed E-state index contributed by atoms with van der Waals surface area (Å²) >= 11 is 0. The van der Waals surface area contributed by atoms with Crippen LogP contribution in [0.1, 0.15) is 25.8 Å². The van der Waals surface area contributed by atoms with Crippen molar-refractivity contribution in [3.63, 3.8) is 0 Å². The van der Waals surface area contributed by atoms with Crippen molar-refractivity contribution in [1.82, 2.24) is 5.32 Å². The van der Waals surface area contributed by atoms with Gasteiger partial charge in [0, 0.05) is 5.69 Å². The third-order valence-electron chi connectivity index (χ3n) is 2.37. The summed E-state index contributed by atoms with van der Waals surface area (Å²) in [5.74, 6) is -0.0236. The molecule has 3 nitrogen and oxygen atoms in total. The highest BCUT2D eigenvalue weighted by molar-refractivity contribution is 5.95. The molecular formula is C13H19N2O. The van der Waals surface area contributed by atoms with Crippen LogP contribution in [0.25, 0.3) is 0 Å². The van der Waals surface area contributed by atoms with Gasteiger partial charge in [-0.3, -0.25) is 4.79 Å². The minimum Gasteiger partial charge on any atom is -0.324 e. The molecule has 0 heterocycles. The largest absolute Gasteiger partial charge is 0.324 e. The number of rotatable bonds is 5. The Morgan fingerprint density at radius 1 is 1.44 bits per heavy atom. The van der Waals surface area contributed by atoms with E-state index in [9.17, 15) is 4.79 Å². The van der Waals surface area contributed by atoms with Gasteiger partial charge < -0.3 is 10.6 Å². The Bertz CT molecular complexity index is 350. The van der Waals surface area contributed by atoms with Crippen molar-refractivity contribution in [3.8, 4) is 0 Å². The Morgan fingerprint density at radius 3 is 2.75 bits per heavy atom. The Labute approximate surface area is 97.2 Å². The number of carbonyl (C=O) groups excluding carboxylic acids is 1. The first-order chi connectivity index (χ1) is 7.65. The monoisotopic (exact) mass is 219 g/mol. The van der Waals surface area contributed by atoms with Crippen molar-refractivity contribution in [1.29, 1.82) is 0 Å². The topological polar surface area (TPSA) is 41.1 Å². The Balaban J connectivity index is 2.54. The summed E-state index contributed by atoms with van der Waals surface area (Å²) in [5, 5.41) is 5.99. The lowest BCUT2D eigenvalue weighted by Gasteiger charge is -2.14. The van der Waals surface area contributed by atoms with Gasteiger partial charge in [-0.05, 0) is 38.4 Å². The van der Waals surface area contributed by atoms with Gasteiger partial charge in [-0.25, -0.2) is 0 Å². The molecule has 0 bridgehead atoms. The van der Waals surface area contributed by atoms with Gasteiger partial charge in [-0.15, -0.1) is 0 Å². The van der Waals surface area contributed by atoms with Crippen LogP contribution >= 0.6 is 0 Å². The molecule has 16 heavy (non-hydrogen) atoms. The number of hydrogen-bond donors (Lipinski definition) is 2. The van der Waals surface area contributed by atoms with Crippen molar-refractivity contribution >= 4 is 11.6 Å². The molecule has 1 unspecified atom stereocenters. The first kappa shape index (κ1) is 12.7. The number of para-hydroxylation sites is 1. The molecule has 1 amide bonds. The van der Waals surface area contributed by atoms with Gasteiger partial charge in [0.15, 0.2) is 0 Å². The van der Waals surface area contributed by atoms with Crippen LogP contribution in [0.2, 0.25) is 0 Å². The summed E-state index contributed by atoms with van der Waals surface area (Å²) in [6.45, 7) is 8.64. The lowest BCUT2D eigenvalue weighted by Crippen LogP contribution is -2.38. The van der Waals surface area contributed by atoms with Gasteiger partial charge in [-0.1, -0.05) is 25.1 Å². The summed E-state index contributed by atoms with van der Waals surface area (Å²) in [5.41, 5.74) is 1.61. The number of benzene rings is 1. The smallest absolute Gasteiger partial charge is 0.241 e. The highest BCUT2D eigenvalue weighted by Crippen LogP contribution is 2.13. The van der Waals surface area contributed by atoms with Crippen molar-refractivity contribution in [2.75, 3.05) is 11.9 Å². The van der Waals surface area contributed by atoms with E-state index in [1.807, 2.05) is 31.2 Å². The van der Waals surface area contributed by atoms with Crippen molar-refractivity contribution in [2.24, 2.45) is 0 Å². The van der Waals surface area contributed by atoms with E-state index in [-0.39, 0.29) is 11.9 Å². The van der Waals surface area contributed by atoms with Crippen molar-refractivity contribution in [2.45, 2.75) is 26.3 Å². The van der Waals surface area contributed by atoms with Crippen LogP contribution in [0.15, 0.2) is 24.3 Å². The predicted molar refractivity (Wildman–Crippen MR) is 67.3 cm³/mol. The first-order valence-corrected chi connectivity index (χ1v) is 5.60. The van der Waals surface area contributed by atoms with Gasteiger partial charge in [0.25, 0.3) is 0 Å². The van der Waals surface area contributed by atoms with E-state index in [0.29, 0.717) is 0 Å². The number of anilines is 1. The van der Waals surface area contributed by atoms with Gasteiger partial charge in [0.1, 0.15) is 0 Å². The zero-order valence-corrected chi connectivity index (χ0v) is 9.92. The molecule has 2 N–H and O–H groups in total. The van der Waals surface area contributed by atoms with Gasteiger partial charge in [0.2, 0.25) is 5.91 Å². The molecule has 0 saturated carbocycles. The van der Waals surface area contributed by atoms with Crippen LogP contribution in [-0.4, -0.2) is 18.5 Å².